The maximum atomic E-state index is 11.5. The van der Waals surface area contributed by atoms with E-state index in [4.69, 9.17) is 0 Å². The molecule has 1 aliphatic carbocycles. The molecule has 1 aromatic carbocycles. The molecule has 0 saturated heterocycles. The average Bonchev–Trinajstić information content (AvgIpc) is 2.71. The number of benzene rings is 1. The van der Waals surface area contributed by atoms with Gasteiger partial charge in [0.15, 0.2) is 0 Å². The topological polar surface area (TPSA) is 34.1 Å². The summed E-state index contributed by atoms with van der Waals surface area (Å²) in [5.41, 5.74) is 1.17. The third-order valence-corrected chi connectivity index (χ3v) is 4.27. The van der Waals surface area contributed by atoms with E-state index in [0.717, 1.165) is 0 Å². The zero-order valence-electron chi connectivity index (χ0n) is 9.31. The van der Waals surface area contributed by atoms with Crippen LogP contribution in [0, 0.1) is 0 Å². The molecule has 1 fully saturated rings. The van der Waals surface area contributed by atoms with Gasteiger partial charge in [0.1, 0.15) is 11.6 Å². The second-order valence-corrected chi connectivity index (χ2v) is 5.46. The van der Waals surface area contributed by atoms with Crippen LogP contribution in [0.25, 0.3) is 10.1 Å². The molecule has 86 valence electrons. The Balaban J connectivity index is 2.03. The van der Waals surface area contributed by atoms with Crippen molar-refractivity contribution in [3.63, 3.8) is 0 Å². The molecule has 3 rings (SSSR count). The molecule has 1 aliphatic rings. The third kappa shape index (κ3) is 1.91. The first kappa shape index (κ1) is 10.7. The fourth-order valence-electron chi connectivity index (χ4n) is 2.52. The summed E-state index contributed by atoms with van der Waals surface area (Å²) < 4.78 is 1.23. The van der Waals surface area contributed by atoms with Crippen molar-refractivity contribution in [1.82, 2.24) is 0 Å². The highest BCUT2D eigenvalue weighted by Gasteiger charge is 2.27. The van der Waals surface area contributed by atoms with Crippen molar-refractivity contribution < 1.29 is 9.59 Å². The Morgan fingerprint density at radius 1 is 1.06 bits per heavy atom. The number of fused-ring (bicyclic) bond motifs is 1. The minimum absolute atomic E-state index is 0.0848. The lowest BCUT2D eigenvalue weighted by Crippen LogP contribution is -2.21. The highest BCUT2D eigenvalue weighted by Crippen LogP contribution is 2.37. The summed E-state index contributed by atoms with van der Waals surface area (Å²) in [5, 5.41) is 3.30. The first-order chi connectivity index (χ1) is 8.24. The van der Waals surface area contributed by atoms with Crippen molar-refractivity contribution in [2.45, 2.75) is 25.2 Å². The number of hydrogen-bond donors (Lipinski definition) is 0. The van der Waals surface area contributed by atoms with Crippen LogP contribution in [0.4, 0.5) is 0 Å². The number of carbonyl (C=O) groups excluding carboxylic acids is 2. The molecule has 1 heterocycles. The Morgan fingerprint density at radius 3 is 2.53 bits per heavy atom. The van der Waals surface area contributed by atoms with Crippen LogP contribution in [0.1, 0.15) is 30.7 Å². The number of ketones is 2. The quantitative estimate of drug-likeness (QED) is 0.721. The van der Waals surface area contributed by atoms with Gasteiger partial charge >= 0.3 is 0 Å². The van der Waals surface area contributed by atoms with Crippen LogP contribution in [0.2, 0.25) is 0 Å². The Kier molecular flexibility index (Phi) is 2.56. The number of rotatable bonds is 1. The standard InChI is InChI=1S/C14H12O2S/c15-10-5-9(6-11(16)7-10)13-8-17-14-4-2-1-3-12(13)14/h1-4,8-9H,5-7H2. The van der Waals surface area contributed by atoms with Gasteiger partial charge in [-0.05, 0) is 28.3 Å². The molecular weight excluding hydrogens is 232 g/mol. The Bertz CT molecular complexity index is 581. The first-order valence-corrected chi connectivity index (χ1v) is 6.61. The molecule has 1 aromatic heterocycles. The predicted molar refractivity (Wildman–Crippen MR) is 68.4 cm³/mol. The van der Waals surface area contributed by atoms with Gasteiger partial charge in [-0.3, -0.25) is 9.59 Å². The normalized spacial score (nSPS) is 17.9. The van der Waals surface area contributed by atoms with E-state index >= 15 is 0 Å². The van der Waals surface area contributed by atoms with Gasteiger partial charge in [-0.25, -0.2) is 0 Å². The van der Waals surface area contributed by atoms with Crippen molar-refractivity contribution in [1.29, 1.82) is 0 Å². The summed E-state index contributed by atoms with van der Waals surface area (Å²) >= 11 is 1.69. The molecule has 1 saturated carbocycles. The first-order valence-electron chi connectivity index (χ1n) is 5.73. The highest BCUT2D eigenvalue weighted by molar-refractivity contribution is 7.17. The molecule has 0 amide bonds. The molecule has 0 atom stereocenters. The van der Waals surface area contributed by atoms with Gasteiger partial charge in [0.25, 0.3) is 0 Å². The maximum Gasteiger partial charge on any atom is 0.140 e. The minimum atomic E-state index is 0.0848. The van der Waals surface area contributed by atoms with Crippen molar-refractivity contribution in [2.24, 2.45) is 0 Å². The van der Waals surface area contributed by atoms with Gasteiger partial charge in [0.2, 0.25) is 0 Å². The third-order valence-electron chi connectivity index (χ3n) is 3.29. The van der Waals surface area contributed by atoms with Crippen molar-refractivity contribution in [2.75, 3.05) is 0 Å². The molecule has 0 unspecified atom stereocenters. The zero-order valence-corrected chi connectivity index (χ0v) is 10.1. The number of carbonyl (C=O) groups is 2. The van der Waals surface area contributed by atoms with E-state index in [-0.39, 0.29) is 23.9 Å². The van der Waals surface area contributed by atoms with Gasteiger partial charge in [-0.1, -0.05) is 18.2 Å². The van der Waals surface area contributed by atoms with Gasteiger partial charge in [0.05, 0.1) is 6.42 Å². The molecule has 0 aliphatic heterocycles. The van der Waals surface area contributed by atoms with E-state index in [1.165, 1.54) is 15.6 Å². The van der Waals surface area contributed by atoms with Crippen LogP contribution in [-0.4, -0.2) is 11.6 Å². The molecular formula is C14H12O2S. The van der Waals surface area contributed by atoms with Gasteiger partial charge < -0.3 is 0 Å². The van der Waals surface area contributed by atoms with Crippen molar-refractivity contribution in [3.8, 4) is 0 Å². The van der Waals surface area contributed by atoms with E-state index in [9.17, 15) is 9.59 Å². The molecule has 17 heavy (non-hydrogen) atoms. The summed E-state index contributed by atoms with van der Waals surface area (Å²) in [6.07, 6.45) is 1.18. The average molecular weight is 244 g/mol. The van der Waals surface area contributed by atoms with Crippen LogP contribution < -0.4 is 0 Å². The smallest absolute Gasteiger partial charge is 0.140 e. The van der Waals surface area contributed by atoms with Crippen LogP contribution in [0.3, 0.4) is 0 Å². The second kappa shape index (κ2) is 4.08. The molecule has 2 aromatic rings. The summed E-state index contributed by atoms with van der Waals surface area (Å²) in [6.45, 7) is 0. The fourth-order valence-corrected chi connectivity index (χ4v) is 3.56. The molecule has 2 nitrogen and oxygen atoms in total. The van der Waals surface area contributed by atoms with Crippen molar-refractivity contribution in [3.05, 3.63) is 35.2 Å². The Labute approximate surface area is 103 Å². The van der Waals surface area contributed by atoms with Crippen LogP contribution in [0.15, 0.2) is 29.6 Å². The van der Waals surface area contributed by atoms with E-state index < -0.39 is 0 Å². The molecule has 0 radical (unpaired) electrons. The summed E-state index contributed by atoms with van der Waals surface area (Å²) in [6, 6.07) is 8.17. The largest absolute Gasteiger partial charge is 0.299 e. The summed E-state index contributed by atoms with van der Waals surface area (Å²) in [5.74, 6) is 0.267. The van der Waals surface area contributed by atoms with E-state index in [2.05, 4.69) is 17.5 Å². The van der Waals surface area contributed by atoms with Crippen LogP contribution in [-0.2, 0) is 9.59 Å². The Hall–Kier alpha value is -1.48. The van der Waals surface area contributed by atoms with E-state index in [1.54, 1.807) is 11.3 Å². The number of Topliss-reactive ketones (excluding diaryl/α,β-unsaturated/α-hetero) is 2. The van der Waals surface area contributed by atoms with E-state index in [0.29, 0.717) is 12.8 Å². The van der Waals surface area contributed by atoms with Gasteiger partial charge in [-0.2, -0.15) is 0 Å². The fraction of sp³-hybridized carbons (Fsp3) is 0.286. The zero-order chi connectivity index (χ0) is 11.8. The van der Waals surface area contributed by atoms with E-state index in [1.807, 2.05) is 12.1 Å². The lowest BCUT2D eigenvalue weighted by molar-refractivity contribution is -0.130. The SMILES string of the molecule is O=C1CC(=O)CC(c2csc3ccccc23)C1. The van der Waals surface area contributed by atoms with Gasteiger partial charge in [-0.15, -0.1) is 11.3 Å². The van der Waals surface area contributed by atoms with Crippen LogP contribution in [0.5, 0.6) is 0 Å². The van der Waals surface area contributed by atoms with Crippen LogP contribution >= 0.6 is 11.3 Å². The molecule has 0 bridgehead atoms. The number of thiophene rings is 1. The highest BCUT2D eigenvalue weighted by atomic mass is 32.1. The molecule has 3 heteroatoms. The predicted octanol–water partition coefficient (Wildman–Crippen LogP) is 3.31. The summed E-state index contributed by atoms with van der Waals surface area (Å²) in [7, 11) is 0. The lowest BCUT2D eigenvalue weighted by Gasteiger charge is -2.19. The monoisotopic (exact) mass is 244 g/mol. The van der Waals surface area contributed by atoms with Crippen molar-refractivity contribution >= 4 is 33.0 Å². The number of hydrogen-bond acceptors (Lipinski definition) is 3. The summed E-state index contributed by atoms with van der Waals surface area (Å²) in [4.78, 5) is 23.0. The Morgan fingerprint density at radius 2 is 1.76 bits per heavy atom. The molecule has 0 N–H and O–H groups in total. The van der Waals surface area contributed by atoms with Gasteiger partial charge in [0, 0.05) is 17.5 Å². The second-order valence-electron chi connectivity index (χ2n) is 4.55. The minimum Gasteiger partial charge on any atom is -0.299 e. The molecule has 0 spiro atoms. The lowest BCUT2D eigenvalue weighted by atomic mass is 9.82. The maximum absolute atomic E-state index is 11.5.